The largest absolute Gasteiger partial charge is 0.390 e. The van der Waals surface area contributed by atoms with Crippen molar-refractivity contribution in [2.45, 2.75) is 26.0 Å². The predicted octanol–water partition coefficient (Wildman–Crippen LogP) is 0.845. The molecule has 2 aliphatic rings. The Hall–Kier alpha value is -1.96. The van der Waals surface area contributed by atoms with E-state index in [0.29, 0.717) is 25.4 Å². The zero-order chi connectivity index (χ0) is 18.0. The lowest BCUT2D eigenvalue weighted by molar-refractivity contribution is -0.128. The summed E-state index contributed by atoms with van der Waals surface area (Å²) in [5, 5.41) is 10.3. The number of amides is 3. The van der Waals surface area contributed by atoms with Gasteiger partial charge in [-0.05, 0) is 26.0 Å². The molecule has 136 valence electrons. The molecule has 7 nitrogen and oxygen atoms in total. The van der Waals surface area contributed by atoms with Gasteiger partial charge in [-0.15, -0.1) is 0 Å². The van der Waals surface area contributed by atoms with E-state index >= 15 is 0 Å². The Balaban J connectivity index is 1.66. The third kappa shape index (κ3) is 3.84. The Bertz CT molecular complexity index is 628. The molecule has 3 rings (SSSR count). The molecule has 0 bridgehead atoms. The number of hydrogen-bond donors (Lipinski definition) is 1. The number of nitrogens with zero attached hydrogens (tertiary/aromatic N) is 3. The molecule has 0 unspecified atom stereocenters. The van der Waals surface area contributed by atoms with Crippen LogP contribution in [0.2, 0.25) is 0 Å². The van der Waals surface area contributed by atoms with Gasteiger partial charge >= 0.3 is 6.03 Å². The van der Waals surface area contributed by atoms with Gasteiger partial charge in [0.2, 0.25) is 0 Å². The van der Waals surface area contributed by atoms with Crippen molar-refractivity contribution in [3.63, 3.8) is 0 Å². The van der Waals surface area contributed by atoms with E-state index < -0.39 is 12.1 Å². The van der Waals surface area contributed by atoms with Gasteiger partial charge in [0.15, 0.2) is 0 Å². The van der Waals surface area contributed by atoms with Crippen molar-refractivity contribution in [3.05, 3.63) is 29.8 Å². The summed E-state index contributed by atoms with van der Waals surface area (Å²) in [6.45, 7) is 6.93. The van der Waals surface area contributed by atoms with Gasteiger partial charge in [0, 0.05) is 25.3 Å². The molecule has 0 aromatic heterocycles. The first-order valence-electron chi connectivity index (χ1n) is 8.67. The van der Waals surface area contributed by atoms with E-state index in [9.17, 15) is 14.7 Å². The molecule has 25 heavy (non-hydrogen) atoms. The van der Waals surface area contributed by atoms with Gasteiger partial charge in [-0.25, -0.2) is 4.79 Å². The highest BCUT2D eigenvalue weighted by Crippen LogP contribution is 2.26. The number of aliphatic hydroxyl groups is 1. The molecular weight excluding hydrogens is 322 g/mol. The number of aryl methyl sites for hydroxylation is 1. The molecule has 0 aliphatic carbocycles. The second kappa shape index (κ2) is 7.51. The average molecular weight is 347 g/mol. The highest BCUT2D eigenvalue weighted by Gasteiger charge is 2.43. The summed E-state index contributed by atoms with van der Waals surface area (Å²) in [4.78, 5) is 30.0. The minimum atomic E-state index is -0.767. The molecule has 7 heteroatoms. The number of carbonyl (C=O) groups is 2. The number of hydrogen-bond acceptors (Lipinski definition) is 5. The summed E-state index contributed by atoms with van der Waals surface area (Å²) in [5.74, 6) is -0.272. The summed E-state index contributed by atoms with van der Waals surface area (Å²) in [7, 11) is 0. The molecule has 0 spiro atoms. The van der Waals surface area contributed by atoms with Crippen LogP contribution in [-0.2, 0) is 9.53 Å². The van der Waals surface area contributed by atoms with Crippen LogP contribution in [-0.4, -0.2) is 78.4 Å². The maximum Gasteiger partial charge on any atom is 0.332 e. The molecule has 1 N–H and O–H groups in total. The van der Waals surface area contributed by atoms with E-state index in [2.05, 4.69) is 4.90 Å². The fourth-order valence-electron chi connectivity index (χ4n) is 3.28. The van der Waals surface area contributed by atoms with Gasteiger partial charge in [-0.3, -0.25) is 19.5 Å². The van der Waals surface area contributed by atoms with Crippen LogP contribution in [0.25, 0.3) is 0 Å². The normalized spacial score (nSPS) is 23.4. The molecule has 0 radical (unpaired) electrons. The second-order valence-corrected chi connectivity index (χ2v) is 6.68. The van der Waals surface area contributed by atoms with E-state index in [1.807, 2.05) is 31.2 Å². The van der Waals surface area contributed by atoms with E-state index in [0.717, 1.165) is 23.6 Å². The number of ether oxygens (including phenoxy) is 1. The van der Waals surface area contributed by atoms with Crippen molar-refractivity contribution in [1.29, 1.82) is 0 Å². The van der Waals surface area contributed by atoms with Crippen LogP contribution in [0.5, 0.6) is 0 Å². The number of urea groups is 1. The van der Waals surface area contributed by atoms with Gasteiger partial charge in [-0.2, -0.15) is 0 Å². The SMILES string of the molecule is Cc1ccc(N2C(=O)N(C[C@H](O)CN3CCOCC3)C(=O)[C@H]2C)cc1. The van der Waals surface area contributed by atoms with Crippen molar-refractivity contribution in [2.75, 3.05) is 44.3 Å². The average Bonchev–Trinajstić information content (AvgIpc) is 2.80. The van der Waals surface area contributed by atoms with Crippen LogP contribution in [0.3, 0.4) is 0 Å². The maximum atomic E-state index is 12.7. The third-order valence-electron chi connectivity index (χ3n) is 4.73. The van der Waals surface area contributed by atoms with Gasteiger partial charge < -0.3 is 9.84 Å². The van der Waals surface area contributed by atoms with Crippen LogP contribution in [0.1, 0.15) is 12.5 Å². The predicted molar refractivity (Wildman–Crippen MR) is 93.5 cm³/mol. The lowest BCUT2D eigenvalue weighted by atomic mass is 10.2. The Morgan fingerprint density at radius 3 is 2.44 bits per heavy atom. The second-order valence-electron chi connectivity index (χ2n) is 6.68. The van der Waals surface area contributed by atoms with Crippen LogP contribution < -0.4 is 4.90 Å². The van der Waals surface area contributed by atoms with Crippen LogP contribution >= 0.6 is 0 Å². The van der Waals surface area contributed by atoms with Crippen molar-refractivity contribution in [1.82, 2.24) is 9.80 Å². The number of benzene rings is 1. The number of imide groups is 1. The summed E-state index contributed by atoms with van der Waals surface area (Å²) < 4.78 is 5.29. The Morgan fingerprint density at radius 1 is 1.16 bits per heavy atom. The van der Waals surface area contributed by atoms with E-state index in [4.69, 9.17) is 4.74 Å². The Labute approximate surface area is 147 Å². The number of β-amino-alcohol motifs (C(OH)–C–C–N with tert-alkyl or cyclic N) is 1. The molecular formula is C18H25N3O4. The monoisotopic (exact) mass is 347 g/mol. The highest BCUT2D eigenvalue weighted by atomic mass is 16.5. The molecule has 2 atom stereocenters. The number of aliphatic hydroxyl groups excluding tert-OH is 1. The van der Waals surface area contributed by atoms with Gasteiger partial charge in [-0.1, -0.05) is 17.7 Å². The Kier molecular flexibility index (Phi) is 5.36. The zero-order valence-corrected chi connectivity index (χ0v) is 14.7. The van der Waals surface area contributed by atoms with Gasteiger partial charge in [0.05, 0.1) is 25.9 Å². The number of rotatable bonds is 5. The summed E-state index contributed by atoms with van der Waals surface area (Å²) in [6.07, 6.45) is -0.767. The molecule has 2 saturated heterocycles. The third-order valence-corrected chi connectivity index (χ3v) is 4.73. The first-order valence-corrected chi connectivity index (χ1v) is 8.67. The van der Waals surface area contributed by atoms with Crippen LogP contribution in [0.4, 0.5) is 10.5 Å². The van der Waals surface area contributed by atoms with E-state index in [1.54, 1.807) is 6.92 Å². The minimum Gasteiger partial charge on any atom is -0.390 e. The summed E-state index contributed by atoms with van der Waals surface area (Å²) >= 11 is 0. The van der Waals surface area contributed by atoms with Crippen molar-refractivity contribution < 1.29 is 19.4 Å². The number of morpholine rings is 1. The molecule has 1 aromatic carbocycles. The number of carbonyl (C=O) groups excluding carboxylic acids is 2. The molecule has 2 heterocycles. The van der Waals surface area contributed by atoms with Crippen molar-refractivity contribution in [3.8, 4) is 0 Å². The van der Waals surface area contributed by atoms with Gasteiger partial charge in [0.25, 0.3) is 5.91 Å². The lowest BCUT2D eigenvalue weighted by Gasteiger charge is -2.29. The molecule has 2 aliphatic heterocycles. The van der Waals surface area contributed by atoms with Crippen LogP contribution in [0, 0.1) is 6.92 Å². The first kappa shape index (κ1) is 17.8. The van der Waals surface area contributed by atoms with Crippen molar-refractivity contribution >= 4 is 17.6 Å². The number of anilines is 1. The quantitative estimate of drug-likeness (QED) is 0.800. The summed E-state index contributed by atoms with van der Waals surface area (Å²) in [5.41, 5.74) is 1.79. The van der Waals surface area contributed by atoms with Crippen molar-refractivity contribution in [2.24, 2.45) is 0 Å². The van der Waals surface area contributed by atoms with E-state index in [1.165, 1.54) is 4.90 Å². The molecule has 0 saturated carbocycles. The highest BCUT2D eigenvalue weighted by molar-refractivity contribution is 6.14. The molecule has 1 aromatic rings. The standard InChI is InChI=1S/C18H25N3O4/c1-13-3-5-15(6-4-13)21-14(2)17(23)20(18(21)24)12-16(22)11-19-7-9-25-10-8-19/h3-6,14,16,22H,7-12H2,1-2H3/t14-,16-/m1/s1. The fraction of sp³-hybridized carbons (Fsp3) is 0.556. The Morgan fingerprint density at radius 2 is 1.80 bits per heavy atom. The topological polar surface area (TPSA) is 73.3 Å². The lowest BCUT2D eigenvalue weighted by Crippen LogP contribution is -2.46. The minimum absolute atomic E-state index is 0.0156. The molecule has 2 fully saturated rings. The van der Waals surface area contributed by atoms with Crippen LogP contribution in [0.15, 0.2) is 24.3 Å². The fourth-order valence-corrected chi connectivity index (χ4v) is 3.28. The van der Waals surface area contributed by atoms with E-state index in [-0.39, 0.29) is 18.5 Å². The molecule has 3 amide bonds. The summed E-state index contributed by atoms with van der Waals surface area (Å²) in [6, 6.07) is 6.56. The first-order chi connectivity index (χ1) is 12.0. The zero-order valence-electron chi connectivity index (χ0n) is 14.7. The smallest absolute Gasteiger partial charge is 0.332 e. The maximum absolute atomic E-state index is 12.7. The van der Waals surface area contributed by atoms with Gasteiger partial charge in [0.1, 0.15) is 6.04 Å².